The Kier molecular flexibility index (Phi) is 4.43. The summed E-state index contributed by atoms with van der Waals surface area (Å²) in [7, 11) is 0. The van der Waals surface area contributed by atoms with Crippen LogP contribution in [0.4, 0.5) is 0 Å². The minimum Gasteiger partial charge on any atom is -0.494 e. The van der Waals surface area contributed by atoms with Crippen molar-refractivity contribution in [1.29, 1.82) is 0 Å². The molecule has 4 heteroatoms. The third kappa shape index (κ3) is 3.07. The van der Waals surface area contributed by atoms with Crippen molar-refractivity contribution in [2.75, 3.05) is 13.2 Å². The molecule has 1 aromatic rings. The number of carboxylic acid groups (broad SMARTS) is 1. The normalized spacial score (nSPS) is 16.7. The molecule has 4 nitrogen and oxygen atoms in total. The average molecular weight is 263 g/mol. The predicted molar refractivity (Wildman–Crippen MR) is 73.4 cm³/mol. The van der Waals surface area contributed by atoms with Gasteiger partial charge in [-0.25, -0.2) is 0 Å². The molecule has 0 amide bonds. The van der Waals surface area contributed by atoms with Gasteiger partial charge in [-0.1, -0.05) is 13.0 Å². The molecule has 0 fully saturated rings. The minimum atomic E-state index is -0.730. The van der Waals surface area contributed by atoms with Crippen LogP contribution in [0.1, 0.15) is 31.4 Å². The summed E-state index contributed by atoms with van der Waals surface area (Å²) in [6.07, 6.45) is 1.54. The summed E-state index contributed by atoms with van der Waals surface area (Å²) < 4.78 is 5.51. The largest absolute Gasteiger partial charge is 0.494 e. The predicted octanol–water partition coefficient (Wildman–Crippen LogP) is 2.31. The molecule has 104 valence electrons. The van der Waals surface area contributed by atoms with Crippen LogP contribution in [-0.4, -0.2) is 35.2 Å². The van der Waals surface area contributed by atoms with Crippen LogP contribution in [0.2, 0.25) is 0 Å². The zero-order valence-electron chi connectivity index (χ0n) is 11.6. The quantitative estimate of drug-likeness (QED) is 0.885. The van der Waals surface area contributed by atoms with Gasteiger partial charge in [0.2, 0.25) is 0 Å². The first-order valence-corrected chi connectivity index (χ1v) is 6.87. The zero-order valence-corrected chi connectivity index (χ0v) is 11.6. The lowest BCUT2D eigenvalue weighted by Crippen LogP contribution is -2.43. The van der Waals surface area contributed by atoms with E-state index in [1.54, 1.807) is 0 Å². The second-order valence-electron chi connectivity index (χ2n) is 4.85. The molecule has 0 saturated heterocycles. The van der Waals surface area contributed by atoms with Gasteiger partial charge < -0.3 is 9.84 Å². The number of ether oxygens (including phenoxy) is 1. The van der Waals surface area contributed by atoms with Crippen molar-refractivity contribution >= 4 is 5.97 Å². The Morgan fingerprint density at radius 3 is 2.84 bits per heavy atom. The van der Waals surface area contributed by atoms with Crippen LogP contribution in [0.15, 0.2) is 18.2 Å². The molecule has 1 aliphatic heterocycles. The molecule has 2 rings (SSSR count). The number of hydrogen-bond donors (Lipinski definition) is 1. The van der Waals surface area contributed by atoms with E-state index in [4.69, 9.17) is 4.74 Å². The molecule has 1 aliphatic rings. The fourth-order valence-electron chi connectivity index (χ4n) is 2.67. The van der Waals surface area contributed by atoms with Gasteiger partial charge in [0, 0.05) is 13.1 Å². The van der Waals surface area contributed by atoms with Gasteiger partial charge in [0.25, 0.3) is 0 Å². The summed E-state index contributed by atoms with van der Waals surface area (Å²) in [5.41, 5.74) is 2.50. The second-order valence-corrected chi connectivity index (χ2v) is 4.85. The Bertz CT molecular complexity index is 459. The third-order valence-electron chi connectivity index (χ3n) is 3.64. The van der Waals surface area contributed by atoms with E-state index in [1.807, 2.05) is 30.9 Å². The molecule has 0 spiro atoms. The molecule has 0 aromatic heterocycles. The highest BCUT2D eigenvalue weighted by Gasteiger charge is 2.27. The summed E-state index contributed by atoms with van der Waals surface area (Å²) in [6.45, 7) is 6.04. The second kappa shape index (κ2) is 6.06. The molecule has 0 aliphatic carbocycles. The van der Waals surface area contributed by atoms with Gasteiger partial charge in [-0.2, -0.15) is 0 Å². The van der Waals surface area contributed by atoms with E-state index in [-0.39, 0.29) is 6.04 Å². The number of rotatable bonds is 5. The molecule has 19 heavy (non-hydrogen) atoms. The molecule has 1 atom stereocenters. The van der Waals surface area contributed by atoms with Crippen molar-refractivity contribution < 1.29 is 14.6 Å². The maximum atomic E-state index is 11.2. The fourth-order valence-corrected chi connectivity index (χ4v) is 2.67. The number of carboxylic acids is 1. The van der Waals surface area contributed by atoms with Crippen LogP contribution < -0.4 is 4.74 Å². The third-order valence-corrected chi connectivity index (χ3v) is 3.64. The molecule has 0 saturated carbocycles. The number of fused-ring (bicyclic) bond motifs is 1. The Morgan fingerprint density at radius 1 is 1.42 bits per heavy atom. The van der Waals surface area contributed by atoms with E-state index in [1.165, 1.54) is 11.1 Å². The lowest BCUT2D eigenvalue weighted by Gasteiger charge is -2.33. The first-order valence-electron chi connectivity index (χ1n) is 6.87. The maximum absolute atomic E-state index is 11.2. The Balaban J connectivity index is 2.17. The fraction of sp³-hybridized carbons (Fsp3) is 0.533. The molecular weight excluding hydrogens is 242 g/mol. The molecule has 0 radical (unpaired) electrons. The Labute approximate surface area is 114 Å². The Morgan fingerprint density at radius 2 is 2.21 bits per heavy atom. The van der Waals surface area contributed by atoms with Crippen LogP contribution in [0.3, 0.4) is 0 Å². The van der Waals surface area contributed by atoms with E-state index in [0.717, 1.165) is 18.7 Å². The average Bonchev–Trinajstić information content (AvgIpc) is 2.39. The highest BCUT2D eigenvalue weighted by atomic mass is 16.5. The molecule has 1 N–H and O–H groups in total. The van der Waals surface area contributed by atoms with Crippen LogP contribution >= 0.6 is 0 Å². The number of benzene rings is 1. The van der Waals surface area contributed by atoms with E-state index in [2.05, 4.69) is 6.07 Å². The molecule has 1 unspecified atom stereocenters. The standard InChI is InChI=1S/C15H21NO3/c1-3-14(15(17)18)16-8-7-11-5-6-13(19-4-2)9-12(11)10-16/h5-6,9,14H,3-4,7-8,10H2,1-2H3,(H,17,18). The van der Waals surface area contributed by atoms with Crippen LogP contribution in [0, 0.1) is 0 Å². The lowest BCUT2D eigenvalue weighted by molar-refractivity contribution is -0.143. The van der Waals surface area contributed by atoms with Gasteiger partial charge in [0.15, 0.2) is 0 Å². The monoisotopic (exact) mass is 263 g/mol. The topological polar surface area (TPSA) is 49.8 Å². The summed E-state index contributed by atoms with van der Waals surface area (Å²) in [5.74, 6) is 0.137. The van der Waals surface area contributed by atoms with Gasteiger partial charge in [-0.15, -0.1) is 0 Å². The highest BCUT2D eigenvalue weighted by Crippen LogP contribution is 2.25. The van der Waals surface area contributed by atoms with Crippen molar-refractivity contribution in [3.63, 3.8) is 0 Å². The van der Waals surface area contributed by atoms with Crippen molar-refractivity contribution in [3.8, 4) is 5.75 Å². The van der Waals surface area contributed by atoms with Gasteiger partial charge in [0.05, 0.1) is 6.61 Å². The zero-order chi connectivity index (χ0) is 13.8. The van der Waals surface area contributed by atoms with Crippen LogP contribution in [0.5, 0.6) is 5.75 Å². The van der Waals surface area contributed by atoms with Gasteiger partial charge in [-0.3, -0.25) is 9.69 Å². The number of nitrogens with zero attached hydrogens (tertiary/aromatic N) is 1. The summed E-state index contributed by atoms with van der Waals surface area (Å²) >= 11 is 0. The smallest absolute Gasteiger partial charge is 0.320 e. The molecule has 1 heterocycles. The van der Waals surface area contributed by atoms with E-state index in [9.17, 15) is 9.90 Å². The van der Waals surface area contributed by atoms with Crippen molar-refractivity contribution in [2.24, 2.45) is 0 Å². The highest BCUT2D eigenvalue weighted by molar-refractivity contribution is 5.73. The number of hydrogen-bond acceptors (Lipinski definition) is 3. The first-order chi connectivity index (χ1) is 9.15. The van der Waals surface area contributed by atoms with Gasteiger partial charge in [0.1, 0.15) is 11.8 Å². The van der Waals surface area contributed by atoms with E-state index >= 15 is 0 Å². The molecule has 1 aromatic carbocycles. The maximum Gasteiger partial charge on any atom is 0.320 e. The van der Waals surface area contributed by atoms with E-state index in [0.29, 0.717) is 19.6 Å². The van der Waals surface area contributed by atoms with Crippen LogP contribution in [0.25, 0.3) is 0 Å². The van der Waals surface area contributed by atoms with Crippen molar-refractivity contribution in [2.45, 2.75) is 39.3 Å². The lowest BCUT2D eigenvalue weighted by atomic mass is 9.97. The first kappa shape index (κ1) is 13.9. The van der Waals surface area contributed by atoms with Gasteiger partial charge in [-0.05, 0) is 43.0 Å². The summed E-state index contributed by atoms with van der Waals surface area (Å²) in [4.78, 5) is 13.3. The summed E-state index contributed by atoms with van der Waals surface area (Å²) in [6, 6.07) is 5.75. The minimum absolute atomic E-state index is 0.385. The number of carbonyl (C=O) groups is 1. The Hall–Kier alpha value is -1.55. The molecule has 0 bridgehead atoms. The van der Waals surface area contributed by atoms with Gasteiger partial charge >= 0.3 is 5.97 Å². The SMILES string of the molecule is CCOc1ccc2c(c1)CN(C(CC)C(=O)O)CC2. The van der Waals surface area contributed by atoms with E-state index < -0.39 is 5.97 Å². The van der Waals surface area contributed by atoms with Crippen molar-refractivity contribution in [3.05, 3.63) is 29.3 Å². The number of aliphatic carboxylic acids is 1. The molecular formula is C15H21NO3. The van der Waals surface area contributed by atoms with Crippen molar-refractivity contribution in [1.82, 2.24) is 4.90 Å². The van der Waals surface area contributed by atoms with Crippen LogP contribution in [-0.2, 0) is 17.8 Å². The summed E-state index contributed by atoms with van der Waals surface area (Å²) in [5, 5.41) is 9.25.